The van der Waals surface area contributed by atoms with E-state index in [1.54, 1.807) is 11.8 Å². The number of carbonyl (C=O) groups is 1. The SMILES string of the molecule is CCC(C)c1ccccc1NC(=O)CSc1ccc(Br)cc1. The molecule has 0 heterocycles. The van der Waals surface area contributed by atoms with Crippen LogP contribution in [-0.2, 0) is 4.79 Å². The van der Waals surface area contributed by atoms with Crippen molar-refractivity contribution in [3.05, 3.63) is 58.6 Å². The molecule has 0 aliphatic heterocycles. The minimum absolute atomic E-state index is 0.0312. The van der Waals surface area contributed by atoms with Gasteiger partial charge in [0, 0.05) is 15.1 Å². The van der Waals surface area contributed by atoms with Gasteiger partial charge in [0.05, 0.1) is 5.75 Å². The van der Waals surface area contributed by atoms with Gasteiger partial charge in [-0.3, -0.25) is 4.79 Å². The van der Waals surface area contributed by atoms with Crippen LogP contribution in [0.15, 0.2) is 57.9 Å². The number of thioether (sulfide) groups is 1. The fraction of sp³-hybridized carbons (Fsp3) is 0.278. The summed E-state index contributed by atoms with van der Waals surface area (Å²) in [5.74, 6) is 0.885. The fourth-order valence-corrected chi connectivity index (χ4v) is 3.09. The van der Waals surface area contributed by atoms with Crippen LogP contribution in [0.1, 0.15) is 31.7 Å². The minimum atomic E-state index is 0.0312. The van der Waals surface area contributed by atoms with E-state index in [1.165, 1.54) is 5.56 Å². The number of halogens is 1. The van der Waals surface area contributed by atoms with Crippen LogP contribution in [0, 0.1) is 0 Å². The van der Waals surface area contributed by atoms with Crippen molar-refractivity contribution in [2.24, 2.45) is 0 Å². The Morgan fingerprint density at radius 1 is 1.18 bits per heavy atom. The molecule has 2 rings (SSSR count). The average molecular weight is 378 g/mol. The van der Waals surface area contributed by atoms with E-state index in [1.807, 2.05) is 42.5 Å². The van der Waals surface area contributed by atoms with Crippen LogP contribution in [0.5, 0.6) is 0 Å². The molecule has 0 bridgehead atoms. The van der Waals surface area contributed by atoms with Gasteiger partial charge in [0.2, 0.25) is 5.91 Å². The number of nitrogens with one attached hydrogen (secondary N) is 1. The van der Waals surface area contributed by atoms with Crippen LogP contribution >= 0.6 is 27.7 Å². The van der Waals surface area contributed by atoms with Crippen molar-refractivity contribution in [1.29, 1.82) is 0 Å². The summed E-state index contributed by atoms with van der Waals surface area (Å²) in [5.41, 5.74) is 2.13. The van der Waals surface area contributed by atoms with Gasteiger partial charge >= 0.3 is 0 Å². The van der Waals surface area contributed by atoms with Gasteiger partial charge in [0.1, 0.15) is 0 Å². The van der Waals surface area contributed by atoms with E-state index in [2.05, 4.69) is 41.2 Å². The zero-order valence-corrected chi connectivity index (χ0v) is 15.2. The van der Waals surface area contributed by atoms with E-state index >= 15 is 0 Å². The zero-order valence-electron chi connectivity index (χ0n) is 12.8. The lowest BCUT2D eigenvalue weighted by Gasteiger charge is -2.15. The highest BCUT2D eigenvalue weighted by Crippen LogP contribution is 2.27. The van der Waals surface area contributed by atoms with Gasteiger partial charge < -0.3 is 5.32 Å². The number of rotatable bonds is 6. The first-order valence-corrected chi connectivity index (χ1v) is 9.15. The second-order valence-electron chi connectivity index (χ2n) is 5.19. The normalized spacial score (nSPS) is 12.0. The third kappa shape index (κ3) is 4.89. The number of hydrogen-bond donors (Lipinski definition) is 1. The fourth-order valence-electron chi connectivity index (χ4n) is 2.13. The first-order valence-electron chi connectivity index (χ1n) is 7.37. The molecule has 1 amide bonds. The smallest absolute Gasteiger partial charge is 0.234 e. The maximum absolute atomic E-state index is 12.2. The number of benzene rings is 2. The van der Waals surface area contributed by atoms with Gasteiger partial charge in [-0.25, -0.2) is 0 Å². The molecule has 0 radical (unpaired) electrons. The van der Waals surface area contributed by atoms with Crippen molar-refractivity contribution in [2.45, 2.75) is 31.1 Å². The third-order valence-corrected chi connectivity index (χ3v) is 5.10. The molecule has 0 aromatic heterocycles. The summed E-state index contributed by atoms with van der Waals surface area (Å²) in [7, 11) is 0. The molecular weight excluding hydrogens is 358 g/mol. The summed E-state index contributed by atoms with van der Waals surface area (Å²) in [5, 5.41) is 3.04. The molecule has 1 N–H and O–H groups in total. The molecule has 1 unspecified atom stereocenters. The summed E-state index contributed by atoms with van der Waals surface area (Å²) in [4.78, 5) is 13.3. The molecule has 2 aromatic carbocycles. The molecule has 0 spiro atoms. The number of carbonyl (C=O) groups excluding carboxylic acids is 1. The predicted molar refractivity (Wildman–Crippen MR) is 98.6 cm³/mol. The Morgan fingerprint density at radius 2 is 1.86 bits per heavy atom. The van der Waals surface area contributed by atoms with E-state index in [0.29, 0.717) is 11.7 Å². The van der Waals surface area contributed by atoms with Crippen molar-refractivity contribution >= 4 is 39.3 Å². The van der Waals surface area contributed by atoms with E-state index in [0.717, 1.165) is 21.5 Å². The first kappa shape index (κ1) is 17.1. The number of hydrogen-bond acceptors (Lipinski definition) is 2. The lowest BCUT2D eigenvalue weighted by Crippen LogP contribution is -2.15. The third-order valence-electron chi connectivity index (χ3n) is 3.56. The zero-order chi connectivity index (χ0) is 15.9. The van der Waals surface area contributed by atoms with Crippen LogP contribution in [0.2, 0.25) is 0 Å². The molecular formula is C18H20BrNOS. The van der Waals surface area contributed by atoms with E-state index in [9.17, 15) is 4.79 Å². The molecule has 116 valence electrons. The molecule has 2 nitrogen and oxygen atoms in total. The molecule has 0 aliphatic carbocycles. The van der Waals surface area contributed by atoms with Gasteiger partial charge in [-0.2, -0.15) is 0 Å². The molecule has 22 heavy (non-hydrogen) atoms. The quantitative estimate of drug-likeness (QED) is 0.654. The highest BCUT2D eigenvalue weighted by atomic mass is 79.9. The van der Waals surface area contributed by atoms with Crippen LogP contribution in [0.4, 0.5) is 5.69 Å². The Kier molecular flexibility index (Phi) is 6.52. The average Bonchev–Trinajstić information content (AvgIpc) is 2.54. The summed E-state index contributed by atoms with van der Waals surface area (Å²) < 4.78 is 1.05. The topological polar surface area (TPSA) is 29.1 Å². The minimum Gasteiger partial charge on any atom is -0.325 e. The van der Waals surface area contributed by atoms with Crippen molar-refractivity contribution in [2.75, 3.05) is 11.1 Å². The molecule has 0 saturated carbocycles. The van der Waals surface area contributed by atoms with Gasteiger partial charge in [0.15, 0.2) is 0 Å². The van der Waals surface area contributed by atoms with Crippen molar-refractivity contribution < 1.29 is 4.79 Å². The van der Waals surface area contributed by atoms with Crippen molar-refractivity contribution in [3.63, 3.8) is 0 Å². The largest absolute Gasteiger partial charge is 0.325 e. The maximum Gasteiger partial charge on any atom is 0.234 e. The maximum atomic E-state index is 12.2. The summed E-state index contributed by atoms with van der Waals surface area (Å²) in [6.45, 7) is 4.34. The van der Waals surface area contributed by atoms with Gasteiger partial charge in [-0.05, 0) is 48.2 Å². The molecule has 2 aromatic rings. The number of anilines is 1. The Bertz CT molecular complexity index is 627. The molecule has 0 saturated heterocycles. The van der Waals surface area contributed by atoms with Gasteiger partial charge in [-0.15, -0.1) is 11.8 Å². The lowest BCUT2D eigenvalue weighted by molar-refractivity contribution is -0.113. The lowest BCUT2D eigenvalue weighted by atomic mass is 9.97. The monoisotopic (exact) mass is 377 g/mol. The molecule has 4 heteroatoms. The molecule has 0 aliphatic rings. The highest BCUT2D eigenvalue weighted by Gasteiger charge is 2.11. The van der Waals surface area contributed by atoms with Crippen molar-refractivity contribution in [1.82, 2.24) is 0 Å². The first-order chi connectivity index (χ1) is 10.6. The van der Waals surface area contributed by atoms with Crippen LogP contribution < -0.4 is 5.32 Å². The van der Waals surface area contributed by atoms with Gasteiger partial charge in [0.25, 0.3) is 0 Å². The Balaban J connectivity index is 1.96. The van der Waals surface area contributed by atoms with E-state index < -0.39 is 0 Å². The Morgan fingerprint density at radius 3 is 2.55 bits per heavy atom. The summed E-state index contributed by atoms with van der Waals surface area (Å²) >= 11 is 4.95. The van der Waals surface area contributed by atoms with Crippen LogP contribution in [0.3, 0.4) is 0 Å². The van der Waals surface area contributed by atoms with E-state index in [4.69, 9.17) is 0 Å². The standard InChI is InChI=1S/C18H20BrNOS/c1-3-13(2)16-6-4-5-7-17(16)20-18(21)12-22-15-10-8-14(19)9-11-15/h4-11,13H,3,12H2,1-2H3,(H,20,21). The predicted octanol–water partition coefficient (Wildman–Crippen LogP) is 5.69. The number of amides is 1. The molecule has 0 fully saturated rings. The Labute approximate surface area is 144 Å². The van der Waals surface area contributed by atoms with Crippen LogP contribution in [0.25, 0.3) is 0 Å². The second kappa shape index (κ2) is 8.39. The van der Waals surface area contributed by atoms with Crippen molar-refractivity contribution in [3.8, 4) is 0 Å². The second-order valence-corrected chi connectivity index (χ2v) is 7.15. The highest BCUT2D eigenvalue weighted by molar-refractivity contribution is 9.10. The van der Waals surface area contributed by atoms with E-state index in [-0.39, 0.29) is 5.91 Å². The van der Waals surface area contributed by atoms with Crippen LogP contribution in [-0.4, -0.2) is 11.7 Å². The summed E-state index contributed by atoms with van der Waals surface area (Å²) in [6.07, 6.45) is 1.06. The summed E-state index contributed by atoms with van der Waals surface area (Å²) in [6, 6.07) is 16.0. The molecule has 1 atom stereocenters. The van der Waals surface area contributed by atoms with Gasteiger partial charge in [-0.1, -0.05) is 48.0 Å². The Hall–Kier alpha value is -1.26. The number of para-hydroxylation sites is 1.